The summed E-state index contributed by atoms with van der Waals surface area (Å²) in [5.41, 5.74) is 6.53. The highest BCUT2D eigenvalue weighted by atomic mass is 19.4. The van der Waals surface area contributed by atoms with E-state index >= 15 is 0 Å². The number of hydrogen-bond donors (Lipinski definition) is 3. The summed E-state index contributed by atoms with van der Waals surface area (Å²) in [5.74, 6) is -2.88. The lowest BCUT2D eigenvalue weighted by Crippen LogP contribution is -2.39. The molecular formula is C13H17F3N2O3. The van der Waals surface area contributed by atoms with Crippen molar-refractivity contribution in [3.05, 3.63) is 35.9 Å². The SMILES string of the molecule is C[C@H](N)C(=O)N[C@@H](C)c1ccccc1.O=C(O)C(F)(F)F. The molecule has 0 aromatic heterocycles. The van der Waals surface area contributed by atoms with Gasteiger partial charge in [0.05, 0.1) is 12.1 Å². The van der Waals surface area contributed by atoms with Gasteiger partial charge in [0.2, 0.25) is 5.91 Å². The van der Waals surface area contributed by atoms with E-state index in [0.717, 1.165) is 5.56 Å². The van der Waals surface area contributed by atoms with E-state index in [1.807, 2.05) is 37.3 Å². The largest absolute Gasteiger partial charge is 0.490 e. The minimum Gasteiger partial charge on any atom is -0.475 e. The Morgan fingerprint density at radius 2 is 1.62 bits per heavy atom. The molecule has 1 aromatic carbocycles. The van der Waals surface area contributed by atoms with Crippen LogP contribution < -0.4 is 11.1 Å². The second-order valence-corrected chi connectivity index (χ2v) is 4.23. The fourth-order valence-corrected chi connectivity index (χ4v) is 1.17. The number of amides is 1. The molecule has 1 amide bonds. The Hall–Kier alpha value is -2.09. The molecule has 0 saturated heterocycles. The van der Waals surface area contributed by atoms with Gasteiger partial charge in [0.25, 0.3) is 0 Å². The Balaban J connectivity index is 0.000000486. The number of rotatable bonds is 3. The van der Waals surface area contributed by atoms with Crippen molar-refractivity contribution in [2.75, 3.05) is 0 Å². The summed E-state index contributed by atoms with van der Waals surface area (Å²) in [6.07, 6.45) is -5.08. The highest BCUT2D eigenvalue weighted by Gasteiger charge is 2.38. The van der Waals surface area contributed by atoms with E-state index in [2.05, 4.69) is 5.32 Å². The summed E-state index contributed by atoms with van der Waals surface area (Å²) >= 11 is 0. The molecular weight excluding hydrogens is 289 g/mol. The molecule has 21 heavy (non-hydrogen) atoms. The van der Waals surface area contributed by atoms with E-state index in [-0.39, 0.29) is 11.9 Å². The summed E-state index contributed by atoms with van der Waals surface area (Å²) in [6.45, 7) is 3.61. The zero-order valence-electron chi connectivity index (χ0n) is 11.5. The lowest BCUT2D eigenvalue weighted by molar-refractivity contribution is -0.192. The van der Waals surface area contributed by atoms with E-state index in [1.54, 1.807) is 6.92 Å². The molecule has 118 valence electrons. The highest BCUT2D eigenvalue weighted by Crippen LogP contribution is 2.13. The van der Waals surface area contributed by atoms with E-state index in [0.29, 0.717) is 0 Å². The van der Waals surface area contributed by atoms with E-state index in [4.69, 9.17) is 15.6 Å². The average Bonchev–Trinajstić information content (AvgIpc) is 2.39. The number of nitrogens with two attached hydrogens (primary N) is 1. The Kier molecular flexibility index (Phi) is 7.43. The van der Waals surface area contributed by atoms with E-state index in [9.17, 15) is 18.0 Å². The van der Waals surface area contributed by atoms with Gasteiger partial charge in [-0.3, -0.25) is 4.79 Å². The molecule has 0 saturated carbocycles. The monoisotopic (exact) mass is 306 g/mol. The van der Waals surface area contributed by atoms with Crippen molar-refractivity contribution < 1.29 is 27.9 Å². The Morgan fingerprint density at radius 3 is 1.95 bits per heavy atom. The fraction of sp³-hybridized carbons (Fsp3) is 0.385. The molecule has 1 aromatic rings. The molecule has 1 rings (SSSR count). The standard InChI is InChI=1S/C11H16N2O.C2HF3O2/c1-8(12)11(14)13-9(2)10-6-4-3-5-7-10;3-2(4,5)1(6)7/h3-9H,12H2,1-2H3,(H,13,14);(H,6,7)/t8-,9-;/m0./s1. The van der Waals surface area contributed by atoms with Gasteiger partial charge in [-0.2, -0.15) is 13.2 Å². The van der Waals surface area contributed by atoms with Crippen LogP contribution in [0.3, 0.4) is 0 Å². The third kappa shape index (κ3) is 7.93. The van der Waals surface area contributed by atoms with Crippen LogP contribution in [0, 0.1) is 0 Å². The predicted octanol–water partition coefficient (Wildman–Crippen LogP) is 1.84. The number of nitrogens with one attached hydrogen (secondary N) is 1. The van der Waals surface area contributed by atoms with Crippen molar-refractivity contribution in [3.63, 3.8) is 0 Å². The second-order valence-electron chi connectivity index (χ2n) is 4.23. The summed E-state index contributed by atoms with van der Waals surface area (Å²) < 4.78 is 31.7. The zero-order valence-corrected chi connectivity index (χ0v) is 11.5. The van der Waals surface area contributed by atoms with Crippen LogP contribution in [0.2, 0.25) is 0 Å². The molecule has 0 fully saturated rings. The number of carbonyl (C=O) groups excluding carboxylic acids is 1. The number of benzene rings is 1. The molecule has 0 heterocycles. The lowest BCUT2D eigenvalue weighted by Gasteiger charge is -2.15. The first-order valence-electron chi connectivity index (χ1n) is 5.96. The quantitative estimate of drug-likeness (QED) is 0.794. The molecule has 5 nitrogen and oxygen atoms in total. The number of alkyl halides is 3. The normalized spacial score (nSPS) is 13.4. The van der Waals surface area contributed by atoms with Crippen molar-refractivity contribution in [1.82, 2.24) is 5.32 Å². The first-order chi connectivity index (χ1) is 9.55. The van der Waals surface area contributed by atoms with Gasteiger partial charge >= 0.3 is 12.1 Å². The molecule has 0 spiro atoms. The van der Waals surface area contributed by atoms with Crippen molar-refractivity contribution in [2.45, 2.75) is 32.1 Å². The van der Waals surface area contributed by atoms with E-state index < -0.39 is 18.2 Å². The van der Waals surface area contributed by atoms with Crippen molar-refractivity contribution in [3.8, 4) is 0 Å². The predicted molar refractivity (Wildman–Crippen MR) is 70.3 cm³/mol. The first kappa shape index (κ1) is 18.9. The number of carboxylic acids is 1. The first-order valence-corrected chi connectivity index (χ1v) is 5.96. The van der Waals surface area contributed by atoms with Crippen molar-refractivity contribution >= 4 is 11.9 Å². The third-order valence-corrected chi connectivity index (χ3v) is 2.31. The van der Waals surface area contributed by atoms with Gasteiger partial charge in [0.1, 0.15) is 0 Å². The molecule has 0 radical (unpaired) electrons. The molecule has 0 aliphatic heterocycles. The number of hydrogen-bond acceptors (Lipinski definition) is 3. The van der Waals surface area contributed by atoms with Crippen LogP contribution in [0.1, 0.15) is 25.5 Å². The van der Waals surface area contributed by atoms with Crippen LogP contribution in [-0.2, 0) is 9.59 Å². The van der Waals surface area contributed by atoms with Gasteiger partial charge in [-0.15, -0.1) is 0 Å². The lowest BCUT2D eigenvalue weighted by atomic mass is 10.1. The van der Waals surface area contributed by atoms with Gasteiger partial charge in [0.15, 0.2) is 0 Å². The molecule has 4 N–H and O–H groups in total. The summed E-state index contributed by atoms with van der Waals surface area (Å²) in [6, 6.07) is 9.35. The number of carboxylic acid groups (broad SMARTS) is 1. The number of halogens is 3. The van der Waals surface area contributed by atoms with Gasteiger partial charge < -0.3 is 16.2 Å². The minimum atomic E-state index is -5.08. The fourth-order valence-electron chi connectivity index (χ4n) is 1.17. The molecule has 0 bridgehead atoms. The topological polar surface area (TPSA) is 92.4 Å². The maximum atomic E-state index is 11.3. The third-order valence-electron chi connectivity index (χ3n) is 2.31. The second kappa shape index (κ2) is 8.25. The maximum Gasteiger partial charge on any atom is 0.490 e. The Bertz CT molecular complexity index is 461. The van der Waals surface area contributed by atoms with E-state index in [1.165, 1.54) is 0 Å². The molecule has 0 aliphatic carbocycles. The van der Waals surface area contributed by atoms with Crippen molar-refractivity contribution in [1.29, 1.82) is 0 Å². The van der Waals surface area contributed by atoms with Gasteiger partial charge in [0, 0.05) is 0 Å². The molecule has 2 atom stereocenters. The Morgan fingerprint density at radius 1 is 1.19 bits per heavy atom. The van der Waals surface area contributed by atoms with Crippen LogP contribution in [0.5, 0.6) is 0 Å². The van der Waals surface area contributed by atoms with Crippen LogP contribution in [0.4, 0.5) is 13.2 Å². The van der Waals surface area contributed by atoms with Crippen LogP contribution >= 0.6 is 0 Å². The summed E-state index contributed by atoms with van der Waals surface area (Å²) in [7, 11) is 0. The highest BCUT2D eigenvalue weighted by molar-refractivity contribution is 5.81. The zero-order chi connectivity index (χ0) is 16.6. The van der Waals surface area contributed by atoms with Crippen LogP contribution in [0.15, 0.2) is 30.3 Å². The van der Waals surface area contributed by atoms with Gasteiger partial charge in [-0.25, -0.2) is 4.79 Å². The molecule has 0 unspecified atom stereocenters. The van der Waals surface area contributed by atoms with Crippen LogP contribution in [-0.4, -0.2) is 29.2 Å². The van der Waals surface area contributed by atoms with Gasteiger partial charge in [-0.05, 0) is 19.4 Å². The summed E-state index contributed by atoms with van der Waals surface area (Å²) in [5, 5.41) is 9.96. The van der Waals surface area contributed by atoms with Crippen molar-refractivity contribution in [2.24, 2.45) is 5.73 Å². The molecule has 0 aliphatic rings. The van der Waals surface area contributed by atoms with Crippen LogP contribution in [0.25, 0.3) is 0 Å². The minimum absolute atomic E-state index is 0.00898. The smallest absolute Gasteiger partial charge is 0.475 e. The summed E-state index contributed by atoms with van der Waals surface area (Å²) in [4.78, 5) is 20.2. The Labute approximate surface area is 119 Å². The van der Waals surface area contributed by atoms with Gasteiger partial charge in [-0.1, -0.05) is 30.3 Å². The molecule has 8 heteroatoms. The number of aliphatic carboxylic acids is 1. The number of carbonyl (C=O) groups is 2. The average molecular weight is 306 g/mol. The maximum absolute atomic E-state index is 11.3.